The topological polar surface area (TPSA) is 43.7 Å². The van der Waals surface area contributed by atoms with Crippen LogP contribution in [0.3, 0.4) is 0 Å². The van der Waals surface area contributed by atoms with E-state index >= 15 is 0 Å². The van der Waals surface area contributed by atoms with E-state index < -0.39 is 5.91 Å². The molecule has 0 amide bonds. The summed E-state index contributed by atoms with van der Waals surface area (Å²) in [5, 5.41) is 17.8. The van der Waals surface area contributed by atoms with Gasteiger partial charge in [-0.3, -0.25) is 4.90 Å². The SMILES string of the molecule is CCC(O)(O)N(C)C. The number of hydrogen-bond donors (Lipinski definition) is 2. The van der Waals surface area contributed by atoms with Gasteiger partial charge in [0.15, 0.2) is 0 Å². The molecule has 0 heterocycles. The first-order valence-electron chi connectivity index (χ1n) is 2.63. The molecule has 0 aliphatic rings. The van der Waals surface area contributed by atoms with Crippen LogP contribution in [0.5, 0.6) is 0 Å². The van der Waals surface area contributed by atoms with Crippen molar-refractivity contribution in [3.63, 3.8) is 0 Å². The predicted molar refractivity (Wildman–Crippen MR) is 31.1 cm³/mol. The van der Waals surface area contributed by atoms with E-state index in [0.717, 1.165) is 0 Å². The fraction of sp³-hybridized carbons (Fsp3) is 1.00. The Bertz CT molecular complexity index is 70.8. The average Bonchev–Trinajstić information content (AvgIpc) is 1.67. The zero-order chi connectivity index (χ0) is 6.78. The second-order valence-corrected chi connectivity index (χ2v) is 2.02. The normalized spacial score (nSPS) is 12.8. The van der Waals surface area contributed by atoms with Crippen molar-refractivity contribution in [3.8, 4) is 0 Å². The summed E-state index contributed by atoms with van der Waals surface area (Å²) in [6, 6.07) is 0. The van der Waals surface area contributed by atoms with Crippen LogP contribution in [-0.4, -0.2) is 35.1 Å². The summed E-state index contributed by atoms with van der Waals surface area (Å²) >= 11 is 0. The Morgan fingerprint density at radius 3 is 1.75 bits per heavy atom. The van der Waals surface area contributed by atoms with E-state index in [1.807, 2.05) is 0 Å². The summed E-state index contributed by atoms with van der Waals surface area (Å²) in [6.45, 7) is 1.71. The molecule has 0 saturated heterocycles. The Balaban J connectivity index is 3.71. The maximum Gasteiger partial charge on any atom is 0.224 e. The molecule has 2 N–H and O–H groups in total. The van der Waals surface area contributed by atoms with Crippen LogP contribution >= 0.6 is 0 Å². The van der Waals surface area contributed by atoms with E-state index in [1.165, 1.54) is 4.90 Å². The molecule has 0 saturated carbocycles. The smallest absolute Gasteiger partial charge is 0.224 e. The van der Waals surface area contributed by atoms with Crippen molar-refractivity contribution < 1.29 is 10.2 Å². The van der Waals surface area contributed by atoms with E-state index in [2.05, 4.69) is 0 Å². The molecule has 0 fully saturated rings. The second-order valence-electron chi connectivity index (χ2n) is 2.02. The lowest BCUT2D eigenvalue weighted by molar-refractivity contribution is -0.249. The maximum atomic E-state index is 8.88. The summed E-state index contributed by atoms with van der Waals surface area (Å²) < 4.78 is 0. The van der Waals surface area contributed by atoms with Gasteiger partial charge < -0.3 is 10.2 Å². The molecular formula is C5H13NO2. The molecule has 0 aliphatic heterocycles. The third kappa shape index (κ3) is 1.78. The summed E-state index contributed by atoms with van der Waals surface area (Å²) in [6.07, 6.45) is 0.319. The first-order valence-corrected chi connectivity index (χ1v) is 2.63. The molecule has 50 valence electrons. The van der Waals surface area contributed by atoms with E-state index in [0.29, 0.717) is 6.42 Å². The highest BCUT2D eigenvalue weighted by molar-refractivity contribution is 4.55. The fourth-order valence-corrected chi connectivity index (χ4v) is 0.316. The van der Waals surface area contributed by atoms with Gasteiger partial charge in [-0.05, 0) is 14.1 Å². The minimum atomic E-state index is -1.62. The first kappa shape index (κ1) is 7.88. The van der Waals surface area contributed by atoms with E-state index in [-0.39, 0.29) is 0 Å². The lowest BCUT2D eigenvalue weighted by atomic mass is 10.3. The molecule has 3 heteroatoms. The molecule has 0 aliphatic carbocycles. The predicted octanol–water partition coefficient (Wildman–Crippen LogP) is -0.404. The van der Waals surface area contributed by atoms with Crippen molar-refractivity contribution in [1.29, 1.82) is 0 Å². The largest absolute Gasteiger partial charge is 0.353 e. The maximum absolute atomic E-state index is 8.88. The van der Waals surface area contributed by atoms with Gasteiger partial charge >= 0.3 is 0 Å². The zero-order valence-electron chi connectivity index (χ0n) is 5.55. The molecule has 0 radical (unpaired) electrons. The van der Waals surface area contributed by atoms with Crippen molar-refractivity contribution >= 4 is 0 Å². The monoisotopic (exact) mass is 119 g/mol. The molecule has 0 unspecified atom stereocenters. The number of aliphatic hydroxyl groups is 2. The van der Waals surface area contributed by atoms with Crippen LogP contribution in [-0.2, 0) is 0 Å². The van der Waals surface area contributed by atoms with Crippen molar-refractivity contribution in [2.75, 3.05) is 14.1 Å². The fourth-order valence-electron chi connectivity index (χ4n) is 0.316. The van der Waals surface area contributed by atoms with Gasteiger partial charge in [-0.15, -0.1) is 0 Å². The highest BCUT2D eigenvalue weighted by Gasteiger charge is 2.21. The molecule has 8 heavy (non-hydrogen) atoms. The summed E-state index contributed by atoms with van der Waals surface area (Å²) in [5.41, 5.74) is 0. The summed E-state index contributed by atoms with van der Waals surface area (Å²) in [4.78, 5) is 1.35. The first-order chi connectivity index (χ1) is 3.50. The zero-order valence-corrected chi connectivity index (χ0v) is 5.55. The Hall–Kier alpha value is -0.120. The van der Waals surface area contributed by atoms with Gasteiger partial charge in [0, 0.05) is 6.42 Å². The lowest BCUT2D eigenvalue weighted by Gasteiger charge is -2.26. The van der Waals surface area contributed by atoms with Crippen molar-refractivity contribution in [2.24, 2.45) is 0 Å². The number of hydrogen-bond acceptors (Lipinski definition) is 3. The van der Waals surface area contributed by atoms with Crippen molar-refractivity contribution in [3.05, 3.63) is 0 Å². The molecule has 0 bridgehead atoms. The Kier molecular flexibility index (Phi) is 2.40. The van der Waals surface area contributed by atoms with E-state index in [9.17, 15) is 0 Å². The van der Waals surface area contributed by atoms with Crippen molar-refractivity contribution in [2.45, 2.75) is 19.3 Å². The molecule has 0 atom stereocenters. The third-order valence-electron chi connectivity index (χ3n) is 1.19. The van der Waals surface area contributed by atoms with Crippen LogP contribution < -0.4 is 0 Å². The molecule has 0 rings (SSSR count). The van der Waals surface area contributed by atoms with Crippen LogP contribution in [0.4, 0.5) is 0 Å². The van der Waals surface area contributed by atoms with Gasteiger partial charge in [0.1, 0.15) is 0 Å². The molecular weight excluding hydrogens is 106 g/mol. The van der Waals surface area contributed by atoms with Crippen LogP contribution in [0.15, 0.2) is 0 Å². The van der Waals surface area contributed by atoms with Crippen LogP contribution in [0.2, 0.25) is 0 Å². The van der Waals surface area contributed by atoms with E-state index in [4.69, 9.17) is 10.2 Å². The van der Waals surface area contributed by atoms with Gasteiger partial charge in [-0.1, -0.05) is 6.92 Å². The van der Waals surface area contributed by atoms with Gasteiger partial charge in [0.2, 0.25) is 5.91 Å². The Morgan fingerprint density at radius 1 is 1.38 bits per heavy atom. The second kappa shape index (κ2) is 2.44. The lowest BCUT2D eigenvalue weighted by Crippen LogP contribution is -2.43. The molecule has 0 aromatic heterocycles. The summed E-state index contributed by atoms with van der Waals surface area (Å²) in [5.74, 6) is -1.62. The van der Waals surface area contributed by atoms with E-state index in [1.54, 1.807) is 21.0 Å². The van der Waals surface area contributed by atoms with Gasteiger partial charge in [-0.25, -0.2) is 0 Å². The number of rotatable bonds is 2. The molecule has 0 spiro atoms. The Morgan fingerprint density at radius 2 is 1.75 bits per heavy atom. The quantitative estimate of drug-likeness (QED) is 0.486. The van der Waals surface area contributed by atoms with Crippen LogP contribution in [0.25, 0.3) is 0 Å². The number of nitrogens with zero attached hydrogens (tertiary/aromatic N) is 1. The van der Waals surface area contributed by atoms with Gasteiger partial charge in [0.05, 0.1) is 0 Å². The van der Waals surface area contributed by atoms with Crippen LogP contribution in [0, 0.1) is 0 Å². The van der Waals surface area contributed by atoms with Crippen molar-refractivity contribution in [1.82, 2.24) is 4.90 Å². The Labute approximate surface area is 49.5 Å². The molecule has 0 aromatic rings. The van der Waals surface area contributed by atoms with Crippen LogP contribution in [0.1, 0.15) is 13.3 Å². The van der Waals surface area contributed by atoms with Gasteiger partial charge in [-0.2, -0.15) is 0 Å². The standard InChI is InChI=1S/C5H13NO2/c1-4-5(7,8)6(2)3/h7-8H,4H2,1-3H3. The minimum absolute atomic E-state index is 0.319. The third-order valence-corrected chi connectivity index (χ3v) is 1.19. The molecule has 0 aromatic carbocycles. The highest BCUT2D eigenvalue weighted by Crippen LogP contribution is 2.05. The summed E-state index contributed by atoms with van der Waals surface area (Å²) in [7, 11) is 3.23. The average molecular weight is 119 g/mol. The highest BCUT2D eigenvalue weighted by atomic mass is 16.5. The minimum Gasteiger partial charge on any atom is -0.353 e. The molecule has 3 nitrogen and oxygen atoms in total. The van der Waals surface area contributed by atoms with Gasteiger partial charge in [0.25, 0.3) is 0 Å².